The van der Waals surface area contributed by atoms with Crippen molar-refractivity contribution in [3.63, 3.8) is 0 Å². The average Bonchev–Trinajstić information content (AvgIpc) is 3.23. The van der Waals surface area contributed by atoms with E-state index in [0.29, 0.717) is 23.2 Å². The summed E-state index contributed by atoms with van der Waals surface area (Å²) in [7, 11) is 0. The number of nitrogens with zero attached hydrogens (tertiary/aromatic N) is 3. The van der Waals surface area contributed by atoms with E-state index in [0.717, 1.165) is 16.7 Å². The topological polar surface area (TPSA) is 106 Å². The van der Waals surface area contributed by atoms with Gasteiger partial charge in [-0.3, -0.25) is 9.97 Å². The molecule has 0 spiro atoms. The predicted molar refractivity (Wildman–Crippen MR) is 101 cm³/mol. The lowest BCUT2D eigenvalue weighted by atomic mass is 10.0. The molecule has 0 atom stereocenters. The van der Waals surface area contributed by atoms with Gasteiger partial charge in [-0.15, -0.1) is 11.3 Å². The number of aromatic nitrogens is 3. The minimum absolute atomic E-state index is 0.0224. The summed E-state index contributed by atoms with van der Waals surface area (Å²) in [6, 6.07) is 2.26. The number of urea groups is 1. The van der Waals surface area contributed by atoms with Crippen LogP contribution in [0.5, 0.6) is 0 Å². The van der Waals surface area contributed by atoms with Crippen molar-refractivity contribution in [2.75, 3.05) is 6.54 Å². The number of thiazole rings is 1. The highest BCUT2D eigenvalue weighted by molar-refractivity contribution is 7.13. The van der Waals surface area contributed by atoms with Crippen molar-refractivity contribution >= 4 is 23.3 Å². The molecule has 3 aromatic heterocycles. The van der Waals surface area contributed by atoms with Gasteiger partial charge in [0.15, 0.2) is 5.69 Å². The third-order valence-electron chi connectivity index (χ3n) is 3.70. The van der Waals surface area contributed by atoms with Crippen LogP contribution in [0.25, 0.3) is 21.7 Å². The van der Waals surface area contributed by atoms with Gasteiger partial charge in [-0.25, -0.2) is 14.6 Å². The van der Waals surface area contributed by atoms with E-state index in [-0.39, 0.29) is 10.6 Å². The summed E-state index contributed by atoms with van der Waals surface area (Å²) in [5.74, 6) is -0.866. The lowest BCUT2D eigenvalue weighted by Gasteiger charge is -2.09. The summed E-state index contributed by atoms with van der Waals surface area (Å²) < 4.78 is 38.7. The molecular formula is C18H14F3N5O3S. The van der Waals surface area contributed by atoms with Gasteiger partial charge in [-0.2, -0.15) is 18.7 Å². The van der Waals surface area contributed by atoms with Crippen molar-refractivity contribution in [2.45, 2.75) is 13.1 Å². The number of carbonyl (C=O) groups is 2. The number of hydrogen-bond donors (Lipinski definition) is 2. The van der Waals surface area contributed by atoms with E-state index in [2.05, 4.69) is 20.3 Å². The maximum absolute atomic E-state index is 12.9. The first kappa shape index (κ1) is 21.2. The van der Waals surface area contributed by atoms with Crippen molar-refractivity contribution in [3.8, 4) is 21.7 Å². The third-order valence-corrected chi connectivity index (χ3v) is 4.58. The molecule has 2 amide bonds. The fourth-order valence-electron chi connectivity index (χ4n) is 2.39. The van der Waals surface area contributed by atoms with E-state index in [4.69, 9.17) is 4.84 Å². The molecule has 12 heteroatoms. The monoisotopic (exact) mass is 437 g/mol. The molecule has 0 unspecified atom stereocenters. The Bertz CT molecular complexity index is 1070. The molecule has 0 aliphatic rings. The Balaban J connectivity index is 1.89. The summed E-state index contributed by atoms with van der Waals surface area (Å²) in [6.07, 6.45) is 0.960. The van der Waals surface area contributed by atoms with E-state index >= 15 is 0 Å². The number of pyridine rings is 2. The Kier molecular flexibility index (Phi) is 6.26. The van der Waals surface area contributed by atoms with Crippen molar-refractivity contribution in [1.82, 2.24) is 25.7 Å². The molecular weight excluding hydrogens is 423 g/mol. The molecule has 156 valence electrons. The van der Waals surface area contributed by atoms with Crippen LogP contribution in [0, 0.1) is 0 Å². The van der Waals surface area contributed by atoms with Crippen LogP contribution in [0.4, 0.5) is 18.0 Å². The van der Waals surface area contributed by atoms with Crippen molar-refractivity contribution in [3.05, 3.63) is 53.6 Å². The van der Waals surface area contributed by atoms with E-state index in [1.54, 1.807) is 6.92 Å². The summed E-state index contributed by atoms with van der Waals surface area (Å²) in [5.41, 5.74) is 2.22. The van der Waals surface area contributed by atoms with Crippen molar-refractivity contribution in [1.29, 1.82) is 0 Å². The molecule has 8 nitrogen and oxygen atoms in total. The van der Waals surface area contributed by atoms with Crippen LogP contribution in [-0.4, -0.2) is 33.5 Å². The van der Waals surface area contributed by atoms with E-state index in [9.17, 15) is 22.8 Å². The van der Waals surface area contributed by atoms with Crippen LogP contribution in [0.2, 0.25) is 0 Å². The van der Waals surface area contributed by atoms with E-state index in [1.165, 1.54) is 36.9 Å². The number of hydrogen-bond acceptors (Lipinski definition) is 7. The molecule has 3 rings (SSSR count). The molecule has 0 saturated heterocycles. The number of alkyl halides is 3. The zero-order valence-electron chi connectivity index (χ0n) is 15.4. The van der Waals surface area contributed by atoms with Gasteiger partial charge < -0.3 is 10.2 Å². The van der Waals surface area contributed by atoms with Gasteiger partial charge >= 0.3 is 18.2 Å². The Morgan fingerprint density at radius 3 is 2.67 bits per heavy atom. The number of nitrogens with one attached hydrogen (secondary N) is 2. The summed E-state index contributed by atoms with van der Waals surface area (Å²) >= 11 is 0.839. The lowest BCUT2D eigenvalue weighted by Crippen LogP contribution is -2.36. The molecule has 0 aliphatic carbocycles. The Morgan fingerprint density at radius 1 is 1.17 bits per heavy atom. The highest BCUT2D eigenvalue weighted by atomic mass is 32.1. The van der Waals surface area contributed by atoms with Gasteiger partial charge in [0, 0.05) is 53.4 Å². The first-order valence-corrected chi connectivity index (χ1v) is 9.35. The van der Waals surface area contributed by atoms with Crippen LogP contribution in [0.3, 0.4) is 0 Å². The van der Waals surface area contributed by atoms with Gasteiger partial charge in [-0.1, -0.05) is 0 Å². The smallest absolute Gasteiger partial charge is 0.336 e. The predicted octanol–water partition coefficient (Wildman–Crippen LogP) is 3.68. The SMILES string of the molecule is CCNC(=O)NOC(=O)c1cncc(-c2cnccc2-c2nc(C(F)(F)F)cs2)c1. The van der Waals surface area contributed by atoms with Crippen LogP contribution >= 0.6 is 11.3 Å². The largest absolute Gasteiger partial charge is 0.434 e. The van der Waals surface area contributed by atoms with Crippen LogP contribution in [0.15, 0.2) is 42.3 Å². The number of halogens is 3. The standard InChI is InChI=1S/C18H14F3N5O3S/c1-2-24-17(28)26-29-16(27)11-5-10(6-23-7-11)13-8-22-4-3-12(13)15-25-14(9-30-15)18(19,20)21/h3-9H,2H2,1H3,(H2,24,26,28). The molecule has 30 heavy (non-hydrogen) atoms. The molecule has 0 aliphatic heterocycles. The second-order valence-corrected chi connectivity index (χ2v) is 6.63. The number of hydroxylamine groups is 1. The summed E-state index contributed by atoms with van der Waals surface area (Å²) in [6.45, 7) is 2.04. The van der Waals surface area contributed by atoms with Gasteiger partial charge in [-0.05, 0) is 19.1 Å². The van der Waals surface area contributed by atoms with Crippen LogP contribution < -0.4 is 10.8 Å². The third kappa shape index (κ3) is 4.89. The van der Waals surface area contributed by atoms with E-state index in [1.807, 2.05) is 5.48 Å². The summed E-state index contributed by atoms with van der Waals surface area (Å²) in [4.78, 5) is 39.8. The summed E-state index contributed by atoms with van der Waals surface area (Å²) in [5, 5.41) is 3.46. The molecule has 0 fully saturated rings. The zero-order chi connectivity index (χ0) is 21.7. The van der Waals surface area contributed by atoms with Crippen LogP contribution in [0.1, 0.15) is 23.0 Å². The maximum Gasteiger partial charge on any atom is 0.434 e. The molecule has 3 heterocycles. The van der Waals surface area contributed by atoms with Gasteiger partial charge in [0.05, 0.1) is 5.56 Å². The Labute approximate surface area is 172 Å². The molecule has 3 aromatic rings. The molecule has 0 bridgehead atoms. The fraction of sp³-hybridized carbons (Fsp3) is 0.167. The molecule has 0 radical (unpaired) electrons. The lowest BCUT2D eigenvalue weighted by molar-refractivity contribution is -0.140. The van der Waals surface area contributed by atoms with Gasteiger partial charge in [0.2, 0.25) is 0 Å². The second-order valence-electron chi connectivity index (χ2n) is 5.77. The van der Waals surface area contributed by atoms with Gasteiger partial charge in [0.1, 0.15) is 5.01 Å². The molecule has 2 N–H and O–H groups in total. The first-order chi connectivity index (χ1) is 14.3. The number of carbonyl (C=O) groups excluding carboxylic acids is 2. The van der Waals surface area contributed by atoms with E-state index < -0.39 is 23.9 Å². The second kappa shape index (κ2) is 8.86. The van der Waals surface area contributed by atoms with Crippen molar-refractivity contribution < 1.29 is 27.6 Å². The average molecular weight is 437 g/mol. The van der Waals surface area contributed by atoms with Crippen molar-refractivity contribution in [2.24, 2.45) is 0 Å². The first-order valence-electron chi connectivity index (χ1n) is 8.47. The quantitative estimate of drug-likeness (QED) is 0.604. The maximum atomic E-state index is 12.9. The fourth-order valence-corrected chi connectivity index (χ4v) is 3.25. The Morgan fingerprint density at radius 2 is 1.97 bits per heavy atom. The Hall–Kier alpha value is -3.54. The minimum atomic E-state index is -4.55. The highest BCUT2D eigenvalue weighted by Gasteiger charge is 2.34. The molecule has 0 aromatic carbocycles. The van der Waals surface area contributed by atoms with Crippen LogP contribution in [-0.2, 0) is 11.0 Å². The van der Waals surface area contributed by atoms with Gasteiger partial charge in [0.25, 0.3) is 0 Å². The highest BCUT2D eigenvalue weighted by Crippen LogP contribution is 2.37. The molecule has 0 saturated carbocycles. The minimum Gasteiger partial charge on any atom is -0.336 e. The normalized spacial score (nSPS) is 11.1. The number of amides is 2. The zero-order valence-corrected chi connectivity index (χ0v) is 16.2. The number of rotatable bonds is 4.